The highest BCUT2D eigenvalue weighted by molar-refractivity contribution is 5.43. The van der Waals surface area contributed by atoms with Crippen molar-refractivity contribution in [1.29, 1.82) is 0 Å². The molecule has 0 aromatic heterocycles. The van der Waals surface area contributed by atoms with E-state index in [1.807, 2.05) is 0 Å². The lowest BCUT2D eigenvalue weighted by atomic mass is 9.99. The van der Waals surface area contributed by atoms with Gasteiger partial charge in [-0.15, -0.1) is 0 Å². The molecule has 14 heavy (non-hydrogen) atoms. The molecule has 76 valence electrons. The Bertz CT molecular complexity index is 320. The van der Waals surface area contributed by atoms with E-state index in [1.54, 1.807) is 0 Å². The third-order valence-corrected chi connectivity index (χ3v) is 2.59. The zero-order valence-corrected chi connectivity index (χ0v) is 8.84. The Labute approximate surface area is 85.3 Å². The van der Waals surface area contributed by atoms with Crippen molar-refractivity contribution in [3.8, 4) is 5.75 Å². The summed E-state index contributed by atoms with van der Waals surface area (Å²) < 4.78 is 5.78. The fraction of sp³-hybridized carbons (Fsp3) is 0.500. The van der Waals surface area contributed by atoms with Crippen LogP contribution in [0.1, 0.15) is 30.9 Å². The first-order chi connectivity index (χ1) is 6.79. The van der Waals surface area contributed by atoms with Crippen molar-refractivity contribution in [2.45, 2.75) is 26.3 Å². The molecule has 0 aliphatic carbocycles. The highest BCUT2D eigenvalue weighted by atomic mass is 16.5. The van der Waals surface area contributed by atoms with Crippen LogP contribution >= 0.6 is 0 Å². The van der Waals surface area contributed by atoms with Crippen LogP contribution in [0, 0.1) is 0 Å². The quantitative estimate of drug-likeness (QED) is 0.735. The molecule has 0 spiro atoms. The molecule has 0 radical (unpaired) electrons. The van der Waals surface area contributed by atoms with E-state index in [2.05, 4.69) is 37.4 Å². The van der Waals surface area contributed by atoms with E-state index in [4.69, 9.17) is 4.74 Å². The average molecular weight is 191 g/mol. The van der Waals surface area contributed by atoms with Crippen LogP contribution in [0.3, 0.4) is 0 Å². The van der Waals surface area contributed by atoms with E-state index in [-0.39, 0.29) is 0 Å². The predicted molar refractivity (Wildman–Crippen MR) is 57.7 cm³/mol. The summed E-state index contributed by atoms with van der Waals surface area (Å²) in [6, 6.07) is 6.42. The van der Waals surface area contributed by atoms with Crippen LogP contribution in [-0.2, 0) is 6.54 Å². The van der Waals surface area contributed by atoms with Crippen molar-refractivity contribution in [2.75, 3.05) is 13.2 Å². The van der Waals surface area contributed by atoms with Gasteiger partial charge in [0.15, 0.2) is 0 Å². The number of hydrogen-bond acceptors (Lipinski definition) is 2. The van der Waals surface area contributed by atoms with Gasteiger partial charge in [-0.2, -0.15) is 0 Å². The molecule has 1 heterocycles. The van der Waals surface area contributed by atoms with Gasteiger partial charge in [0.25, 0.3) is 0 Å². The summed E-state index contributed by atoms with van der Waals surface area (Å²) in [5.41, 5.74) is 2.61. The molecule has 0 fully saturated rings. The molecule has 0 bridgehead atoms. The number of rotatable bonds is 1. The third kappa shape index (κ3) is 1.75. The SMILES string of the molecule is CC(C)c1cccc2c1OCCNC2. The summed E-state index contributed by atoms with van der Waals surface area (Å²) in [7, 11) is 0. The van der Waals surface area contributed by atoms with E-state index in [9.17, 15) is 0 Å². The van der Waals surface area contributed by atoms with Gasteiger partial charge in [-0.25, -0.2) is 0 Å². The summed E-state index contributed by atoms with van der Waals surface area (Å²) in [4.78, 5) is 0. The average Bonchev–Trinajstić information content (AvgIpc) is 2.41. The first kappa shape index (κ1) is 9.53. The number of hydrogen-bond donors (Lipinski definition) is 1. The number of nitrogens with one attached hydrogen (secondary N) is 1. The molecule has 1 aliphatic heterocycles. The third-order valence-electron chi connectivity index (χ3n) is 2.59. The topological polar surface area (TPSA) is 21.3 Å². The maximum atomic E-state index is 5.78. The molecule has 0 unspecified atom stereocenters. The van der Waals surface area contributed by atoms with Crippen LogP contribution in [0.5, 0.6) is 5.75 Å². The maximum Gasteiger partial charge on any atom is 0.127 e. The van der Waals surface area contributed by atoms with E-state index in [1.165, 1.54) is 11.1 Å². The second-order valence-electron chi connectivity index (χ2n) is 4.02. The van der Waals surface area contributed by atoms with Crippen molar-refractivity contribution in [1.82, 2.24) is 5.32 Å². The molecule has 2 nitrogen and oxygen atoms in total. The van der Waals surface area contributed by atoms with Crippen LogP contribution < -0.4 is 10.1 Å². The Morgan fingerprint density at radius 3 is 3.00 bits per heavy atom. The first-order valence-corrected chi connectivity index (χ1v) is 5.24. The summed E-state index contributed by atoms with van der Waals surface area (Å²) in [6.45, 7) is 7.05. The number of para-hydroxylation sites is 1. The van der Waals surface area contributed by atoms with Gasteiger partial charge in [0.05, 0.1) is 0 Å². The minimum Gasteiger partial charge on any atom is -0.492 e. The molecule has 0 saturated heterocycles. The van der Waals surface area contributed by atoms with Gasteiger partial charge in [-0.3, -0.25) is 0 Å². The van der Waals surface area contributed by atoms with E-state index >= 15 is 0 Å². The Morgan fingerprint density at radius 2 is 2.21 bits per heavy atom. The molecule has 0 amide bonds. The fourth-order valence-electron chi connectivity index (χ4n) is 1.82. The van der Waals surface area contributed by atoms with E-state index in [0.717, 1.165) is 25.4 Å². The Kier molecular flexibility index (Phi) is 2.73. The Morgan fingerprint density at radius 1 is 1.36 bits per heavy atom. The van der Waals surface area contributed by atoms with Crippen molar-refractivity contribution in [2.24, 2.45) is 0 Å². The van der Waals surface area contributed by atoms with Gasteiger partial charge < -0.3 is 10.1 Å². The van der Waals surface area contributed by atoms with Gasteiger partial charge in [0, 0.05) is 18.7 Å². The molecular formula is C12H17NO. The minimum atomic E-state index is 0.531. The standard InChI is InChI=1S/C12H17NO/c1-9(2)11-5-3-4-10-8-13-6-7-14-12(10)11/h3-5,9,13H,6-8H2,1-2H3. The molecular weight excluding hydrogens is 174 g/mol. The lowest BCUT2D eigenvalue weighted by Crippen LogP contribution is -2.16. The van der Waals surface area contributed by atoms with Crippen molar-refractivity contribution in [3.05, 3.63) is 29.3 Å². The molecule has 0 saturated carbocycles. The molecule has 0 atom stereocenters. The highest BCUT2D eigenvalue weighted by Crippen LogP contribution is 2.30. The fourth-order valence-corrected chi connectivity index (χ4v) is 1.82. The summed E-state index contributed by atoms with van der Waals surface area (Å²) in [5, 5.41) is 3.34. The Balaban J connectivity index is 2.42. The molecule has 1 aliphatic rings. The lowest BCUT2D eigenvalue weighted by molar-refractivity contribution is 0.321. The maximum absolute atomic E-state index is 5.78. The van der Waals surface area contributed by atoms with Crippen LogP contribution in [0.2, 0.25) is 0 Å². The zero-order valence-electron chi connectivity index (χ0n) is 8.84. The number of ether oxygens (including phenoxy) is 1. The highest BCUT2D eigenvalue weighted by Gasteiger charge is 2.14. The van der Waals surface area contributed by atoms with Gasteiger partial charge in [0.2, 0.25) is 0 Å². The van der Waals surface area contributed by atoms with Gasteiger partial charge in [-0.05, 0) is 11.5 Å². The largest absolute Gasteiger partial charge is 0.492 e. The zero-order chi connectivity index (χ0) is 9.97. The number of fused-ring (bicyclic) bond motifs is 1. The van der Waals surface area contributed by atoms with Crippen LogP contribution in [-0.4, -0.2) is 13.2 Å². The summed E-state index contributed by atoms with van der Waals surface area (Å²) in [5.74, 6) is 1.63. The molecule has 1 aromatic carbocycles. The molecule has 2 heteroatoms. The van der Waals surface area contributed by atoms with Crippen molar-refractivity contribution >= 4 is 0 Å². The van der Waals surface area contributed by atoms with Crippen LogP contribution in [0.25, 0.3) is 0 Å². The Hall–Kier alpha value is -1.02. The number of benzene rings is 1. The predicted octanol–water partition coefficient (Wildman–Crippen LogP) is 2.29. The van der Waals surface area contributed by atoms with Gasteiger partial charge in [-0.1, -0.05) is 32.0 Å². The lowest BCUT2D eigenvalue weighted by Gasteiger charge is -2.14. The normalized spacial score (nSPS) is 15.9. The van der Waals surface area contributed by atoms with Crippen molar-refractivity contribution < 1.29 is 4.74 Å². The van der Waals surface area contributed by atoms with Crippen LogP contribution in [0.15, 0.2) is 18.2 Å². The van der Waals surface area contributed by atoms with Crippen molar-refractivity contribution in [3.63, 3.8) is 0 Å². The molecule has 1 aromatic rings. The van der Waals surface area contributed by atoms with Gasteiger partial charge in [0.1, 0.15) is 12.4 Å². The van der Waals surface area contributed by atoms with E-state index < -0.39 is 0 Å². The molecule has 2 rings (SSSR count). The monoisotopic (exact) mass is 191 g/mol. The summed E-state index contributed by atoms with van der Waals surface area (Å²) in [6.07, 6.45) is 0. The second kappa shape index (κ2) is 4.01. The van der Waals surface area contributed by atoms with Crippen LogP contribution in [0.4, 0.5) is 0 Å². The second-order valence-corrected chi connectivity index (χ2v) is 4.02. The first-order valence-electron chi connectivity index (χ1n) is 5.24. The van der Waals surface area contributed by atoms with Gasteiger partial charge >= 0.3 is 0 Å². The van der Waals surface area contributed by atoms with E-state index in [0.29, 0.717) is 5.92 Å². The minimum absolute atomic E-state index is 0.531. The smallest absolute Gasteiger partial charge is 0.127 e. The summed E-state index contributed by atoms with van der Waals surface area (Å²) >= 11 is 0. The molecule has 1 N–H and O–H groups in total.